The van der Waals surface area contributed by atoms with Crippen LogP contribution in [-0.2, 0) is 0 Å². The molecule has 2 aromatic carbocycles. The van der Waals surface area contributed by atoms with E-state index in [1.54, 1.807) is 30.3 Å². The van der Waals surface area contributed by atoms with E-state index >= 15 is 0 Å². The van der Waals surface area contributed by atoms with Crippen LogP contribution in [0.4, 0.5) is 11.4 Å². The number of aliphatic hydroxyl groups excluding tert-OH is 1. The fourth-order valence-corrected chi connectivity index (χ4v) is 2.40. The zero-order chi connectivity index (χ0) is 13.6. The SMILES string of the molecule is [O-][N+]1=Nc2cc(Cl)ccc2C(O)c2ccc(Cl)cc21. The van der Waals surface area contributed by atoms with Gasteiger partial charge in [0, 0.05) is 26.8 Å². The third kappa shape index (κ3) is 2.08. The maximum Gasteiger partial charge on any atom is 0.252 e. The van der Waals surface area contributed by atoms with Gasteiger partial charge in [-0.2, -0.15) is 0 Å². The smallest absolute Gasteiger partial charge is 0.252 e. The summed E-state index contributed by atoms with van der Waals surface area (Å²) in [4.78, 5) is 0.451. The molecule has 96 valence electrons. The van der Waals surface area contributed by atoms with Crippen molar-refractivity contribution in [1.82, 2.24) is 0 Å². The Labute approximate surface area is 119 Å². The van der Waals surface area contributed by atoms with Crippen LogP contribution in [0.2, 0.25) is 10.0 Å². The summed E-state index contributed by atoms with van der Waals surface area (Å²) in [5.41, 5.74) is 1.57. The number of fused-ring (bicyclic) bond motifs is 2. The van der Waals surface area contributed by atoms with E-state index in [0.29, 0.717) is 31.7 Å². The molecular formula is C13H8Cl2N2O2. The van der Waals surface area contributed by atoms with E-state index in [1.807, 2.05) is 0 Å². The van der Waals surface area contributed by atoms with E-state index in [9.17, 15) is 10.3 Å². The first-order valence-electron chi connectivity index (χ1n) is 5.52. The van der Waals surface area contributed by atoms with Crippen molar-refractivity contribution in [1.29, 1.82) is 0 Å². The molecule has 0 aliphatic carbocycles. The van der Waals surface area contributed by atoms with E-state index in [4.69, 9.17) is 23.2 Å². The Bertz CT molecular complexity index is 701. The molecule has 0 saturated heterocycles. The Morgan fingerprint density at radius 3 is 2.42 bits per heavy atom. The second kappa shape index (κ2) is 4.49. The molecule has 19 heavy (non-hydrogen) atoms. The normalized spacial score (nSPS) is 17.2. The van der Waals surface area contributed by atoms with Crippen LogP contribution >= 0.6 is 23.2 Å². The molecular weight excluding hydrogens is 287 g/mol. The molecule has 4 nitrogen and oxygen atoms in total. The highest BCUT2D eigenvalue weighted by Crippen LogP contribution is 2.40. The molecule has 0 saturated carbocycles. The summed E-state index contributed by atoms with van der Waals surface area (Å²) in [6.45, 7) is 0. The van der Waals surface area contributed by atoms with Gasteiger partial charge >= 0.3 is 0 Å². The molecule has 6 heteroatoms. The predicted molar refractivity (Wildman–Crippen MR) is 72.3 cm³/mol. The van der Waals surface area contributed by atoms with Crippen molar-refractivity contribution in [2.45, 2.75) is 6.10 Å². The number of rotatable bonds is 0. The van der Waals surface area contributed by atoms with Gasteiger partial charge in [-0.3, -0.25) is 0 Å². The van der Waals surface area contributed by atoms with E-state index in [-0.39, 0.29) is 5.69 Å². The number of hydrogen-bond acceptors (Lipinski definition) is 3. The minimum atomic E-state index is -0.942. The van der Waals surface area contributed by atoms with Crippen molar-refractivity contribution < 1.29 is 9.97 Å². The van der Waals surface area contributed by atoms with Crippen molar-refractivity contribution in [3.8, 4) is 0 Å². The van der Waals surface area contributed by atoms with Gasteiger partial charge in [0.1, 0.15) is 11.8 Å². The fourth-order valence-electron chi connectivity index (χ4n) is 2.07. The minimum Gasteiger partial charge on any atom is -0.594 e. The lowest BCUT2D eigenvalue weighted by molar-refractivity contribution is -0.435. The van der Waals surface area contributed by atoms with Gasteiger partial charge < -0.3 is 10.3 Å². The van der Waals surface area contributed by atoms with Crippen LogP contribution in [0.15, 0.2) is 41.5 Å². The first-order chi connectivity index (χ1) is 9.06. The molecule has 0 fully saturated rings. The number of benzene rings is 2. The van der Waals surface area contributed by atoms with Crippen molar-refractivity contribution in [3.63, 3.8) is 0 Å². The van der Waals surface area contributed by atoms with E-state index < -0.39 is 6.10 Å². The third-order valence-corrected chi connectivity index (χ3v) is 3.45. The summed E-state index contributed by atoms with van der Waals surface area (Å²) in [6, 6.07) is 9.56. The average molecular weight is 295 g/mol. The second-order valence-corrected chi connectivity index (χ2v) is 5.05. The molecule has 1 N–H and O–H groups in total. The lowest BCUT2D eigenvalue weighted by Gasteiger charge is -2.11. The number of nitrogens with zero attached hydrogens (tertiary/aromatic N) is 2. The van der Waals surface area contributed by atoms with Crippen LogP contribution in [0.1, 0.15) is 17.2 Å². The second-order valence-electron chi connectivity index (χ2n) is 4.18. The van der Waals surface area contributed by atoms with Gasteiger partial charge in [0.25, 0.3) is 5.69 Å². The zero-order valence-corrected chi connectivity index (χ0v) is 11.1. The molecule has 0 bridgehead atoms. The monoisotopic (exact) mass is 294 g/mol. The Hall–Kier alpha value is -1.62. The molecule has 1 aliphatic heterocycles. The average Bonchev–Trinajstić information content (AvgIpc) is 2.46. The molecule has 0 aromatic heterocycles. The van der Waals surface area contributed by atoms with Crippen LogP contribution in [0.25, 0.3) is 0 Å². The standard InChI is InChI=1S/C13H8Cl2N2O2/c14-7-1-3-9-11(5-7)16-17(19)12-6-8(15)2-4-10(12)13(9)18/h1-6,13,18H. The summed E-state index contributed by atoms with van der Waals surface area (Å²) < 4.78 is 0. The van der Waals surface area contributed by atoms with Crippen molar-refractivity contribution in [2.24, 2.45) is 5.11 Å². The Morgan fingerprint density at radius 2 is 1.68 bits per heavy atom. The zero-order valence-electron chi connectivity index (χ0n) is 9.55. The minimum absolute atomic E-state index is 0.229. The molecule has 1 aliphatic rings. The molecule has 0 spiro atoms. The molecule has 1 unspecified atom stereocenters. The van der Waals surface area contributed by atoms with E-state index in [2.05, 4.69) is 5.11 Å². The van der Waals surface area contributed by atoms with Gasteiger partial charge in [-0.05, 0) is 29.1 Å². The van der Waals surface area contributed by atoms with Crippen molar-refractivity contribution in [2.75, 3.05) is 0 Å². The maximum atomic E-state index is 12.0. The van der Waals surface area contributed by atoms with Crippen LogP contribution in [0.3, 0.4) is 0 Å². The van der Waals surface area contributed by atoms with Gasteiger partial charge in [0.05, 0.1) is 5.56 Å². The molecule has 3 rings (SSSR count). The topological polar surface area (TPSA) is 58.7 Å². The first-order valence-corrected chi connectivity index (χ1v) is 6.28. The van der Waals surface area contributed by atoms with Gasteiger partial charge in [-0.25, -0.2) is 0 Å². The molecule has 0 amide bonds. The van der Waals surface area contributed by atoms with Crippen LogP contribution < -0.4 is 0 Å². The molecule has 0 radical (unpaired) electrons. The molecule has 1 heterocycles. The van der Waals surface area contributed by atoms with Crippen molar-refractivity contribution >= 4 is 34.6 Å². The summed E-state index contributed by atoms with van der Waals surface area (Å²) in [5.74, 6) is 0. The molecule has 2 aromatic rings. The Morgan fingerprint density at radius 1 is 1.05 bits per heavy atom. The largest absolute Gasteiger partial charge is 0.594 e. The third-order valence-electron chi connectivity index (χ3n) is 2.98. The van der Waals surface area contributed by atoms with Gasteiger partial charge in [-0.15, -0.1) is 0 Å². The predicted octanol–water partition coefficient (Wildman–Crippen LogP) is 4.31. The number of halogens is 2. The van der Waals surface area contributed by atoms with Crippen LogP contribution in [0, 0.1) is 5.21 Å². The van der Waals surface area contributed by atoms with Crippen molar-refractivity contribution in [3.05, 3.63) is 62.8 Å². The summed E-state index contributed by atoms with van der Waals surface area (Å²) in [6.07, 6.45) is -0.942. The number of aliphatic hydroxyl groups is 1. The number of azo groups is 1. The lowest BCUT2D eigenvalue weighted by atomic mass is 9.99. The van der Waals surface area contributed by atoms with Gasteiger partial charge in [0.15, 0.2) is 0 Å². The highest BCUT2D eigenvalue weighted by Gasteiger charge is 2.27. The van der Waals surface area contributed by atoms with E-state index in [0.717, 1.165) is 0 Å². The summed E-state index contributed by atoms with van der Waals surface area (Å²) in [5, 5.41) is 27.2. The summed E-state index contributed by atoms with van der Waals surface area (Å²) in [7, 11) is 0. The van der Waals surface area contributed by atoms with Gasteiger partial charge in [0.2, 0.25) is 0 Å². The van der Waals surface area contributed by atoms with Crippen LogP contribution in [0.5, 0.6) is 0 Å². The highest BCUT2D eigenvalue weighted by atomic mass is 35.5. The molecule has 1 atom stereocenters. The Balaban J connectivity index is 2.30. The number of hydrogen-bond donors (Lipinski definition) is 1. The highest BCUT2D eigenvalue weighted by molar-refractivity contribution is 6.31. The quantitative estimate of drug-likeness (QED) is 0.581. The van der Waals surface area contributed by atoms with E-state index in [1.165, 1.54) is 6.07 Å². The maximum absolute atomic E-state index is 12.0. The fraction of sp³-hybridized carbons (Fsp3) is 0.0769. The lowest BCUT2D eigenvalue weighted by Crippen LogP contribution is -2.01. The van der Waals surface area contributed by atoms with Gasteiger partial charge in [-0.1, -0.05) is 29.3 Å². The van der Waals surface area contributed by atoms with Crippen LogP contribution in [-0.4, -0.2) is 9.97 Å². The first kappa shape index (κ1) is 12.4. The Kier molecular flexibility index (Phi) is 2.93. The summed E-state index contributed by atoms with van der Waals surface area (Å²) >= 11 is 11.7.